The Morgan fingerprint density at radius 2 is 0.439 bits per heavy atom. The molecule has 16 bridgehead atoms. The summed E-state index contributed by atoms with van der Waals surface area (Å²) in [6.07, 6.45) is 31.0. The Hall–Kier alpha value is -7.20. The number of aryl methyl sites for hydroxylation is 4. The first kappa shape index (κ1) is 99.3. The van der Waals surface area contributed by atoms with E-state index in [0.29, 0.717) is 23.0 Å². The van der Waals surface area contributed by atoms with E-state index in [9.17, 15) is 20.4 Å². The minimum absolute atomic E-state index is 0. The fourth-order valence-corrected chi connectivity index (χ4v) is 30.8. The molecule has 10 aromatic rings. The van der Waals surface area contributed by atoms with Gasteiger partial charge in [0.15, 0.2) is 0 Å². The Morgan fingerprint density at radius 3 is 0.629 bits per heavy atom. The molecular weight excluding hydrogens is 1940 g/mol. The van der Waals surface area contributed by atoms with Gasteiger partial charge in [0.25, 0.3) is 0 Å². The molecule has 0 amide bonds. The maximum absolute atomic E-state index is 12.7. The van der Waals surface area contributed by atoms with Gasteiger partial charge < -0.3 is 54.9 Å². The third kappa shape index (κ3) is 17.7. The first-order chi connectivity index (χ1) is 59.8. The van der Waals surface area contributed by atoms with E-state index in [-0.39, 0.29) is 125 Å². The minimum Gasteiger partial charge on any atom is -0.507 e. The zero-order valence-corrected chi connectivity index (χ0v) is 91.1. The van der Waals surface area contributed by atoms with Crippen molar-refractivity contribution in [1.82, 2.24) is 9.97 Å². The number of hydrogen-bond donors (Lipinski definition) is 4. The zero-order chi connectivity index (χ0) is 87.8. The SMILES string of the molecule is COc1cc(-c2cc(C(C)(C)C)ccc2-c2cc(C)cc(C34CC5CC(CC(C5)C3)C4)c2O)nc(-c2cc(C(C)(C)C)ccc2-c2cc(C)cc(C34CC5CC(CC(C5)C3)C4)c2O)c1.Cc1cc(-c2ccc(C(C)(C)C)cc2-c2cccc(-c3cc(C(C)(C)C)ccc3-c3cc(C)cc(C45CC6CC(CC(C6)C4)C5)c3O)n2)c(O)c(C23CC4CC(CC(C4)C2)C3)c1.[CH3-].[CH3-].[CH3-].[CH3-].[Hf].[Hf]. The molecule has 696 valence electrons. The first-order valence-electron chi connectivity index (χ1n) is 49.3. The van der Waals surface area contributed by atoms with Crippen LogP contribution in [0.3, 0.4) is 0 Å². The molecule has 0 unspecified atom stereocenters. The second kappa shape index (κ2) is 36.0. The molecule has 132 heavy (non-hydrogen) atoms. The van der Waals surface area contributed by atoms with Crippen molar-refractivity contribution in [2.75, 3.05) is 7.11 Å². The topological polar surface area (TPSA) is 116 Å². The molecule has 2 heterocycles. The average Bonchev–Trinajstić information content (AvgIpc) is 0.730. The van der Waals surface area contributed by atoms with Crippen LogP contribution in [-0.2, 0) is 95.0 Å². The number of nitrogens with zero attached hydrogens (tertiary/aromatic N) is 2. The monoisotopic (exact) mass is 2100 g/mol. The summed E-state index contributed by atoms with van der Waals surface area (Å²) in [5.41, 5.74) is 29.5. The van der Waals surface area contributed by atoms with Gasteiger partial charge in [0.05, 0.1) is 29.9 Å². The molecule has 2 aromatic heterocycles. The van der Waals surface area contributed by atoms with Gasteiger partial charge in [-0.1, -0.05) is 162 Å². The van der Waals surface area contributed by atoms with Crippen molar-refractivity contribution in [2.24, 2.45) is 71.0 Å². The van der Waals surface area contributed by atoms with E-state index in [0.717, 1.165) is 166 Å². The standard InChI is InChI=1S/C60H71NO3.C59H69NO2.4CH3.2Hf/c1-34-14-49(55(62)51(16-34)59-28-36-18-37(29-59)20-38(19-36)30-59)45-12-10-42(57(3,4)5)24-47(45)53-26-44(64-9)27-54(61-53)48-25-43(58(6,7)8)11-13-46(48)50-15-35(2)17-52(56(50)63)60-31-39-21-40(32-60)23-41(22-39)33-60;1-34-16-48(54(61)50(18-34)58-28-36-20-37(29-58)22-38(21-36)30-58)44-14-12-42(56(3,4)5)26-46(44)52-10-9-11-53(60-52)47-27-43(57(6,7)8)13-15-45(47)49-17-35(2)19-51(55(49)62)59-31-39-23-40(32-59)25-41(24-39)33-59;;;;;;/h10-17,24-27,36-41,62-63H,18-23,28-33H2,1-9H3;9-19,26-27,36-41,61-62H,20-25,28-33H2,1-8H3;4*1H3;;/q;;4*-1;;. The Morgan fingerprint density at radius 1 is 0.250 bits per heavy atom. The molecule has 4 N–H and O–H groups in total. The Kier molecular flexibility index (Phi) is 27.1. The fraction of sp³-hybridized carbons (Fsp3) is 0.496. The third-order valence-corrected chi connectivity index (χ3v) is 35.0. The molecule has 7 nitrogen and oxygen atoms in total. The van der Waals surface area contributed by atoms with Crippen LogP contribution in [0.1, 0.15) is 304 Å². The van der Waals surface area contributed by atoms with Crippen molar-refractivity contribution in [3.05, 3.63) is 248 Å². The van der Waals surface area contributed by atoms with Crippen LogP contribution in [0.5, 0.6) is 28.7 Å². The van der Waals surface area contributed by atoms with Crippen molar-refractivity contribution in [2.45, 2.75) is 308 Å². The predicted molar refractivity (Wildman–Crippen MR) is 544 cm³/mol. The summed E-state index contributed by atoms with van der Waals surface area (Å²) in [4.78, 5) is 11.3. The number of hydrogen-bond acceptors (Lipinski definition) is 7. The van der Waals surface area contributed by atoms with Gasteiger partial charge in [-0.25, -0.2) is 9.97 Å². The quantitative estimate of drug-likeness (QED) is 0.0671. The number of phenolic OH excluding ortho intramolecular Hbond substituents is 4. The van der Waals surface area contributed by atoms with Crippen LogP contribution in [0, 0.1) is 128 Å². The van der Waals surface area contributed by atoms with Gasteiger partial charge >= 0.3 is 0 Å². The third-order valence-electron chi connectivity index (χ3n) is 35.0. The first-order valence-corrected chi connectivity index (χ1v) is 49.3. The van der Waals surface area contributed by atoms with Gasteiger partial charge in [-0.15, -0.1) is 0 Å². The van der Waals surface area contributed by atoms with Crippen LogP contribution in [0.15, 0.2) is 152 Å². The second-order valence-corrected chi connectivity index (χ2v) is 48.9. The second-order valence-electron chi connectivity index (χ2n) is 48.9. The van der Waals surface area contributed by atoms with E-state index in [1.165, 1.54) is 221 Å². The summed E-state index contributed by atoms with van der Waals surface area (Å²) in [5.74, 6) is 12.0. The molecule has 0 radical (unpaired) electrons. The Bertz CT molecular complexity index is 5550. The van der Waals surface area contributed by atoms with Gasteiger partial charge in [-0.2, -0.15) is 0 Å². The molecule has 16 saturated carbocycles. The molecule has 0 aliphatic heterocycles. The molecule has 0 saturated heterocycles. The van der Waals surface area contributed by atoms with E-state index in [1.54, 1.807) is 7.11 Å². The van der Waals surface area contributed by atoms with Crippen LogP contribution < -0.4 is 4.74 Å². The number of pyridine rings is 2. The molecule has 0 atom stereocenters. The molecule has 16 aliphatic rings. The van der Waals surface area contributed by atoms with Gasteiger partial charge in [-0.3, -0.25) is 0 Å². The number of rotatable bonds is 13. The summed E-state index contributed by atoms with van der Waals surface area (Å²) in [6, 6.07) is 56.0. The zero-order valence-electron chi connectivity index (χ0n) is 83.9. The van der Waals surface area contributed by atoms with Crippen LogP contribution in [0.25, 0.3) is 89.5 Å². The molecule has 26 rings (SSSR count). The molecule has 16 aliphatic carbocycles. The van der Waals surface area contributed by atoms with E-state index in [1.807, 2.05) is 0 Å². The van der Waals surface area contributed by atoms with Gasteiger partial charge in [-0.05, 0) is 424 Å². The normalized spacial score (nSPS) is 28.1. The van der Waals surface area contributed by atoms with Crippen molar-refractivity contribution in [3.8, 4) is 118 Å². The van der Waals surface area contributed by atoms with Gasteiger partial charge in [0.1, 0.15) is 28.7 Å². The Labute approximate surface area is 832 Å². The number of phenols is 4. The van der Waals surface area contributed by atoms with Crippen LogP contribution in [0.2, 0.25) is 0 Å². The molecule has 9 heteroatoms. The van der Waals surface area contributed by atoms with Crippen molar-refractivity contribution in [1.29, 1.82) is 0 Å². The minimum atomic E-state index is -0.112. The van der Waals surface area contributed by atoms with Crippen LogP contribution in [-0.4, -0.2) is 37.5 Å². The van der Waals surface area contributed by atoms with E-state index in [2.05, 4.69) is 262 Å². The summed E-state index contributed by atoms with van der Waals surface area (Å²) in [6.45, 7) is 36.1. The molecule has 16 fully saturated rings. The molecule has 0 spiro atoms. The van der Waals surface area contributed by atoms with Crippen LogP contribution >= 0.6 is 0 Å². The summed E-state index contributed by atoms with van der Waals surface area (Å²) >= 11 is 0. The number of aromatic nitrogens is 2. The average molecular weight is 2100 g/mol. The van der Waals surface area contributed by atoms with Gasteiger partial charge in [0, 0.05) is 131 Å². The molecule has 8 aromatic carbocycles. The van der Waals surface area contributed by atoms with E-state index in [4.69, 9.17) is 14.7 Å². The number of ether oxygens (including phenoxy) is 1. The summed E-state index contributed by atoms with van der Waals surface area (Å²) in [5, 5.41) is 50.6. The molecular formula is C123H152Hf2N2O5-4. The summed E-state index contributed by atoms with van der Waals surface area (Å²) < 4.78 is 6.19. The smallest absolute Gasteiger partial charge is 0.127 e. The van der Waals surface area contributed by atoms with Crippen LogP contribution in [0.4, 0.5) is 0 Å². The number of aromatic hydroxyl groups is 4. The fourth-order valence-electron chi connectivity index (χ4n) is 30.8. The number of benzene rings is 8. The number of methoxy groups -OCH3 is 1. The van der Waals surface area contributed by atoms with E-state index >= 15 is 0 Å². The van der Waals surface area contributed by atoms with Gasteiger partial charge in [0.2, 0.25) is 0 Å². The van der Waals surface area contributed by atoms with Crippen molar-refractivity contribution >= 4 is 0 Å². The van der Waals surface area contributed by atoms with E-state index < -0.39 is 0 Å². The van der Waals surface area contributed by atoms with Crippen molar-refractivity contribution < 1.29 is 76.8 Å². The maximum Gasteiger partial charge on any atom is 0.127 e. The largest absolute Gasteiger partial charge is 0.507 e. The predicted octanol–water partition coefficient (Wildman–Crippen LogP) is 32.4. The Balaban J connectivity index is 0.000000193. The maximum atomic E-state index is 12.7. The van der Waals surface area contributed by atoms with Crippen molar-refractivity contribution in [3.63, 3.8) is 0 Å². The summed E-state index contributed by atoms with van der Waals surface area (Å²) in [7, 11) is 1.75.